The normalized spacial score (nSPS) is 29.0. The van der Waals surface area contributed by atoms with Gasteiger partial charge in [0.15, 0.2) is 11.5 Å². The Morgan fingerprint density at radius 3 is 2.69 bits per heavy atom. The quantitative estimate of drug-likeness (QED) is 0.719. The van der Waals surface area contributed by atoms with Crippen LogP contribution in [0.5, 0.6) is 11.5 Å². The van der Waals surface area contributed by atoms with Gasteiger partial charge in [-0.15, -0.1) is 12.4 Å². The number of halogens is 1. The summed E-state index contributed by atoms with van der Waals surface area (Å²) in [7, 11) is -3.21. The van der Waals surface area contributed by atoms with Gasteiger partial charge >= 0.3 is 0 Å². The molecule has 0 N–H and O–H groups in total. The van der Waals surface area contributed by atoms with Crippen LogP contribution >= 0.6 is 12.4 Å². The molecule has 4 heterocycles. The van der Waals surface area contributed by atoms with Crippen LogP contribution in [-0.2, 0) is 16.4 Å². The van der Waals surface area contributed by atoms with E-state index in [2.05, 4.69) is 17.0 Å². The lowest BCUT2D eigenvalue weighted by atomic mass is 9.77. The van der Waals surface area contributed by atoms with Gasteiger partial charge in [0.05, 0.1) is 5.75 Å². The predicted octanol–water partition coefficient (Wildman–Crippen LogP) is 3.21. The molecule has 0 radical (unpaired) electrons. The summed E-state index contributed by atoms with van der Waals surface area (Å²) in [5, 5.41) is 0. The molecule has 2 fully saturated rings. The lowest BCUT2D eigenvalue weighted by Gasteiger charge is -2.51. The minimum absolute atomic E-state index is 0. The number of rotatable bonds is 3. The van der Waals surface area contributed by atoms with Gasteiger partial charge in [0.2, 0.25) is 16.8 Å². The van der Waals surface area contributed by atoms with Crippen LogP contribution in [0.2, 0.25) is 0 Å². The number of piperidine rings is 2. The van der Waals surface area contributed by atoms with Gasteiger partial charge in [0, 0.05) is 31.7 Å². The number of sulfonamides is 1. The number of nitrogens with zero attached hydrogens (tertiary/aromatic N) is 2. The van der Waals surface area contributed by atoms with Crippen molar-refractivity contribution < 1.29 is 17.9 Å². The van der Waals surface area contributed by atoms with Gasteiger partial charge in [-0.1, -0.05) is 13.8 Å². The molecule has 3 atom stereocenters. The van der Waals surface area contributed by atoms with Crippen LogP contribution in [0.3, 0.4) is 0 Å². The fourth-order valence-corrected chi connectivity index (χ4v) is 7.77. The highest BCUT2D eigenvalue weighted by Crippen LogP contribution is 2.46. The Balaban J connectivity index is 0.00000205. The highest BCUT2D eigenvalue weighted by atomic mass is 35.5. The van der Waals surface area contributed by atoms with E-state index in [4.69, 9.17) is 9.47 Å². The fourth-order valence-electron chi connectivity index (χ4n) is 5.66. The first-order valence-electron chi connectivity index (χ1n) is 10.6. The molecule has 4 aliphatic rings. The first-order chi connectivity index (χ1) is 13.4. The molecule has 0 spiro atoms. The Morgan fingerprint density at radius 1 is 1.17 bits per heavy atom. The Kier molecular flexibility index (Phi) is 5.79. The highest BCUT2D eigenvalue weighted by molar-refractivity contribution is 7.89. The van der Waals surface area contributed by atoms with E-state index < -0.39 is 10.0 Å². The van der Waals surface area contributed by atoms with Crippen molar-refractivity contribution in [2.45, 2.75) is 51.6 Å². The number of ether oxygens (including phenoxy) is 2. The van der Waals surface area contributed by atoms with Crippen LogP contribution in [0.25, 0.3) is 0 Å². The molecular weight excluding hydrogens is 412 g/mol. The zero-order valence-corrected chi connectivity index (χ0v) is 18.8. The average molecular weight is 443 g/mol. The minimum atomic E-state index is -3.21. The Morgan fingerprint density at radius 2 is 1.93 bits per heavy atom. The van der Waals surface area contributed by atoms with Crippen molar-refractivity contribution in [3.05, 3.63) is 23.3 Å². The lowest BCUT2D eigenvalue weighted by Crippen LogP contribution is -2.57. The zero-order valence-electron chi connectivity index (χ0n) is 17.2. The van der Waals surface area contributed by atoms with Crippen LogP contribution in [-0.4, -0.2) is 55.8 Å². The van der Waals surface area contributed by atoms with Gasteiger partial charge < -0.3 is 9.47 Å². The van der Waals surface area contributed by atoms with Gasteiger partial charge in [-0.2, -0.15) is 4.31 Å². The third kappa shape index (κ3) is 3.75. The van der Waals surface area contributed by atoms with Crippen molar-refractivity contribution in [3.8, 4) is 11.5 Å². The van der Waals surface area contributed by atoms with Crippen LogP contribution in [0.15, 0.2) is 12.1 Å². The van der Waals surface area contributed by atoms with Crippen LogP contribution in [0, 0.1) is 11.8 Å². The van der Waals surface area contributed by atoms with Gasteiger partial charge in [0.25, 0.3) is 0 Å². The number of hydrogen-bond donors (Lipinski definition) is 0. The fraction of sp³-hybridized carbons (Fsp3) is 0.714. The van der Waals surface area contributed by atoms with Gasteiger partial charge in [-0.3, -0.25) is 4.90 Å². The second-order valence-corrected chi connectivity index (χ2v) is 11.1. The Bertz CT molecular complexity index is 876. The maximum absolute atomic E-state index is 13.1. The Labute approximate surface area is 180 Å². The first-order valence-corrected chi connectivity index (χ1v) is 12.2. The summed E-state index contributed by atoms with van der Waals surface area (Å²) in [5.74, 6) is 2.53. The van der Waals surface area contributed by atoms with Crippen molar-refractivity contribution in [2.75, 3.05) is 32.2 Å². The van der Waals surface area contributed by atoms with E-state index in [1.54, 1.807) is 0 Å². The summed E-state index contributed by atoms with van der Waals surface area (Å²) in [4.78, 5) is 2.57. The van der Waals surface area contributed by atoms with Crippen molar-refractivity contribution >= 4 is 22.4 Å². The van der Waals surface area contributed by atoms with Crippen molar-refractivity contribution in [1.29, 1.82) is 0 Å². The number of benzene rings is 1. The topological polar surface area (TPSA) is 59.1 Å². The van der Waals surface area contributed by atoms with Crippen LogP contribution in [0.1, 0.15) is 50.3 Å². The highest BCUT2D eigenvalue weighted by Gasteiger charge is 2.46. The van der Waals surface area contributed by atoms with E-state index >= 15 is 0 Å². The van der Waals surface area contributed by atoms with E-state index in [0.717, 1.165) is 50.3 Å². The van der Waals surface area contributed by atoms with E-state index in [9.17, 15) is 8.42 Å². The monoisotopic (exact) mass is 442 g/mol. The van der Waals surface area contributed by atoms with E-state index in [-0.39, 0.29) is 36.2 Å². The number of fused-ring (bicyclic) bond motifs is 5. The van der Waals surface area contributed by atoms with Gasteiger partial charge in [-0.25, -0.2) is 8.42 Å². The summed E-state index contributed by atoms with van der Waals surface area (Å²) < 4.78 is 39.2. The molecule has 1 aromatic rings. The third-order valence-corrected chi connectivity index (χ3v) is 9.06. The molecule has 0 aliphatic carbocycles. The molecule has 6 nitrogen and oxygen atoms in total. The Hall–Kier alpha value is -1.02. The summed E-state index contributed by atoms with van der Waals surface area (Å²) in [6, 6.07) is 4.67. The summed E-state index contributed by atoms with van der Waals surface area (Å²) in [6.07, 6.45) is 4.02. The summed E-state index contributed by atoms with van der Waals surface area (Å²) in [6.45, 7) is 6.98. The standard InChI is InChI=1S/C21H30N2O4S.ClH/c1-14(2)12-28(24,25)23-6-3-4-16-11-22-7-5-15-8-20-21(27-13-26-20)9-17(15)19(22)10-18(16)23;/h8-9,14,16,18-19H,3-7,10-13H2,1-2H3;1H/t16-,18+,19-;/m1./s1. The molecule has 8 heteroatoms. The molecule has 0 unspecified atom stereocenters. The predicted molar refractivity (Wildman–Crippen MR) is 114 cm³/mol. The number of hydrogen-bond acceptors (Lipinski definition) is 5. The third-order valence-electron chi connectivity index (χ3n) is 6.81. The van der Waals surface area contributed by atoms with Crippen molar-refractivity contribution in [2.24, 2.45) is 11.8 Å². The SMILES string of the molecule is CC(C)CS(=O)(=O)N1CCC[C@@H]2CN3CCc4cc5c(cc4[C@H]3C[C@@H]21)OCO5.Cl. The second kappa shape index (κ2) is 7.91. The molecule has 162 valence electrons. The van der Waals surface area contributed by atoms with Crippen LogP contribution in [0.4, 0.5) is 0 Å². The van der Waals surface area contributed by atoms with E-state index in [0.29, 0.717) is 19.3 Å². The van der Waals surface area contributed by atoms with Gasteiger partial charge in [-0.05, 0) is 60.8 Å². The lowest BCUT2D eigenvalue weighted by molar-refractivity contribution is 0.0218. The van der Waals surface area contributed by atoms with Crippen molar-refractivity contribution in [3.63, 3.8) is 0 Å². The molecule has 2 saturated heterocycles. The van der Waals surface area contributed by atoms with Gasteiger partial charge in [0.1, 0.15) is 0 Å². The molecular formula is C21H31ClN2O4S. The summed E-state index contributed by atoms with van der Waals surface area (Å²) >= 11 is 0. The largest absolute Gasteiger partial charge is 0.454 e. The molecule has 0 amide bonds. The molecule has 0 saturated carbocycles. The molecule has 4 aliphatic heterocycles. The van der Waals surface area contributed by atoms with Crippen LogP contribution < -0.4 is 9.47 Å². The molecule has 1 aromatic carbocycles. The zero-order chi connectivity index (χ0) is 19.5. The molecule has 5 rings (SSSR count). The van der Waals surface area contributed by atoms with E-state index in [1.807, 2.05) is 18.2 Å². The first kappa shape index (κ1) is 21.2. The minimum Gasteiger partial charge on any atom is -0.454 e. The molecule has 0 aromatic heterocycles. The smallest absolute Gasteiger partial charge is 0.231 e. The van der Waals surface area contributed by atoms with Crippen molar-refractivity contribution in [1.82, 2.24) is 9.21 Å². The molecule has 0 bridgehead atoms. The summed E-state index contributed by atoms with van der Waals surface area (Å²) in [5.41, 5.74) is 2.64. The van der Waals surface area contributed by atoms with E-state index in [1.165, 1.54) is 11.1 Å². The second-order valence-electron chi connectivity index (χ2n) is 9.15. The molecule has 29 heavy (non-hydrogen) atoms. The average Bonchev–Trinajstić information content (AvgIpc) is 3.10. The maximum atomic E-state index is 13.1. The maximum Gasteiger partial charge on any atom is 0.231 e.